The van der Waals surface area contributed by atoms with Crippen LogP contribution in [-0.2, 0) is 21.2 Å². The molecule has 0 spiro atoms. The molecule has 0 aromatic heterocycles. The first kappa shape index (κ1) is 20.5. The number of carbonyl (C=O) groups is 1. The standard InChI is InChI=1S/C17H18Cl2N2O4S/c1-11(22)21-16-10-14(5-6-17(16)25-2)26(23,24)20-8-7-12-3-4-13(18)9-15(12)19/h3-6,9-10,20H,7-8H2,1-2H3,(H,21,22). The summed E-state index contributed by atoms with van der Waals surface area (Å²) >= 11 is 11.9. The van der Waals surface area contributed by atoms with Crippen LogP contribution in [0, 0.1) is 0 Å². The van der Waals surface area contributed by atoms with Crippen molar-refractivity contribution in [2.24, 2.45) is 0 Å². The minimum Gasteiger partial charge on any atom is -0.495 e. The number of benzene rings is 2. The molecule has 0 radical (unpaired) electrons. The molecule has 0 fully saturated rings. The molecule has 0 atom stereocenters. The Labute approximate surface area is 162 Å². The molecule has 1 amide bonds. The second kappa shape index (κ2) is 8.73. The van der Waals surface area contributed by atoms with Gasteiger partial charge < -0.3 is 10.1 Å². The fourth-order valence-electron chi connectivity index (χ4n) is 2.27. The van der Waals surface area contributed by atoms with Crippen LogP contribution in [0.4, 0.5) is 5.69 Å². The predicted octanol–water partition coefficient (Wildman–Crippen LogP) is 3.48. The first-order valence-corrected chi connectivity index (χ1v) is 9.86. The summed E-state index contributed by atoms with van der Waals surface area (Å²) in [4.78, 5) is 11.3. The molecule has 0 aliphatic heterocycles. The molecule has 0 saturated carbocycles. The van der Waals surface area contributed by atoms with E-state index in [1.165, 1.54) is 32.2 Å². The third-order valence-corrected chi connectivity index (χ3v) is 5.54. The molecular formula is C17H18Cl2N2O4S. The third kappa shape index (κ3) is 5.35. The summed E-state index contributed by atoms with van der Waals surface area (Å²) in [6.45, 7) is 1.49. The van der Waals surface area contributed by atoms with Gasteiger partial charge in [0.05, 0.1) is 17.7 Å². The molecule has 0 aliphatic carbocycles. The predicted molar refractivity (Wildman–Crippen MR) is 103 cm³/mol. The summed E-state index contributed by atoms with van der Waals surface area (Å²) < 4.78 is 32.6. The van der Waals surface area contributed by atoms with Crippen LogP contribution in [0.3, 0.4) is 0 Å². The number of rotatable bonds is 7. The summed E-state index contributed by atoms with van der Waals surface area (Å²) in [5, 5.41) is 3.54. The number of hydrogen-bond acceptors (Lipinski definition) is 4. The van der Waals surface area contributed by atoms with Gasteiger partial charge in [0.2, 0.25) is 15.9 Å². The number of ether oxygens (including phenoxy) is 1. The zero-order valence-electron chi connectivity index (χ0n) is 14.2. The molecule has 2 rings (SSSR count). The number of amides is 1. The fraction of sp³-hybridized carbons (Fsp3) is 0.235. The van der Waals surface area contributed by atoms with Crippen molar-refractivity contribution < 1.29 is 17.9 Å². The lowest BCUT2D eigenvalue weighted by Crippen LogP contribution is -2.26. The number of halogens is 2. The van der Waals surface area contributed by atoms with Crippen LogP contribution >= 0.6 is 23.2 Å². The van der Waals surface area contributed by atoms with Crippen LogP contribution in [0.15, 0.2) is 41.3 Å². The molecular weight excluding hydrogens is 399 g/mol. The zero-order valence-corrected chi connectivity index (χ0v) is 16.5. The number of methoxy groups -OCH3 is 1. The molecule has 9 heteroatoms. The minimum absolute atomic E-state index is 0.0178. The number of hydrogen-bond donors (Lipinski definition) is 2. The van der Waals surface area contributed by atoms with Gasteiger partial charge in [-0.05, 0) is 42.3 Å². The molecule has 2 N–H and O–H groups in total. The lowest BCUT2D eigenvalue weighted by atomic mass is 10.1. The maximum Gasteiger partial charge on any atom is 0.240 e. The van der Waals surface area contributed by atoms with Gasteiger partial charge in [-0.1, -0.05) is 29.3 Å². The topological polar surface area (TPSA) is 84.5 Å². The molecule has 0 saturated heterocycles. The maximum atomic E-state index is 12.5. The van der Waals surface area contributed by atoms with Gasteiger partial charge in [0.25, 0.3) is 0 Å². The van der Waals surface area contributed by atoms with Crippen LogP contribution in [0.5, 0.6) is 5.75 Å². The van der Waals surface area contributed by atoms with E-state index in [0.29, 0.717) is 22.2 Å². The van der Waals surface area contributed by atoms with E-state index in [-0.39, 0.29) is 23.0 Å². The highest BCUT2D eigenvalue weighted by atomic mass is 35.5. The van der Waals surface area contributed by atoms with E-state index >= 15 is 0 Å². The summed E-state index contributed by atoms with van der Waals surface area (Å²) in [7, 11) is -2.33. The lowest BCUT2D eigenvalue weighted by molar-refractivity contribution is -0.114. The molecule has 2 aromatic rings. The van der Waals surface area contributed by atoms with E-state index in [0.717, 1.165) is 5.56 Å². The third-order valence-electron chi connectivity index (χ3n) is 3.49. The van der Waals surface area contributed by atoms with Crippen LogP contribution in [0.25, 0.3) is 0 Å². The van der Waals surface area contributed by atoms with Gasteiger partial charge in [0, 0.05) is 23.5 Å². The number of anilines is 1. The van der Waals surface area contributed by atoms with Gasteiger partial charge in [-0.25, -0.2) is 13.1 Å². The monoisotopic (exact) mass is 416 g/mol. The van der Waals surface area contributed by atoms with Crippen molar-refractivity contribution in [2.75, 3.05) is 19.0 Å². The van der Waals surface area contributed by atoms with Crippen molar-refractivity contribution in [3.63, 3.8) is 0 Å². The molecule has 140 valence electrons. The Morgan fingerprint density at radius 2 is 1.88 bits per heavy atom. The molecule has 2 aromatic carbocycles. The van der Waals surface area contributed by atoms with Crippen LogP contribution < -0.4 is 14.8 Å². The SMILES string of the molecule is COc1ccc(S(=O)(=O)NCCc2ccc(Cl)cc2Cl)cc1NC(C)=O. The van der Waals surface area contributed by atoms with E-state index in [2.05, 4.69) is 10.0 Å². The molecule has 0 aliphatic rings. The Morgan fingerprint density at radius 3 is 2.50 bits per heavy atom. The van der Waals surface area contributed by atoms with Crippen molar-refractivity contribution in [1.29, 1.82) is 0 Å². The van der Waals surface area contributed by atoms with Gasteiger partial charge in [-0.2, -0.15) is 0 Å². The van der Waals surface area contributed by atoms with Crippen LogP contribution in [-0.4, -0.2) is 28.0 Å². The first-order chi connectivity index (χ1) is 12.2. The summed E-state index contributed by atoms with van der Waals surface area (Å²) in [5.74, 6) is 0.0373. The van der Waals surface area contributed by atoms with E-state index < -0.39 is 10.0 Å². The normalized spacial score (nSPS) is 11.2. The molecule has 0 heterocycles. The molecule has 0 bridgehead atoms. The highest BCUT2D eigenvalue weighted by Gasteiger charge is 2.17. The molecule has 6 nitrogen and oxygen atoms in total. The Balaban J connectivity index is 2.13. The van der Waals surface area contributed by atoms with Crippen LogP contribution in [0.2, 0.25) is 10.0 Å². The van der Waals surface area contributed by atoms with Crippen molar-refractivity contribution in [2.45, 2.75) is 18.2 Å². The largest absolute Gasteiger partial charge is 0.495 e. The van der Waals surface area contributed by atoms with Crippen molar-refractivity contribution in [3.8, 4) is 5.75 Å². The summed E-state index contributed by atoms with van der Waals surface area (Å²) in [6, 6.07) is 9.29. The Morgan fingerprint density at radius 1 is 1.15 bits per heavy atom. The Kier molecular flexibility index (Phi) is 6.88. The van der Waals surface area contributed by atoms with Crippen LogP contribution in [0.1, 0.15) is 12.5 Å². The number of carbonyl (C=O) groups excluding carboxylic acids is 1. The second-order valence-corrected chi connectivity index (χ2v) is 8.04. The first-order valence-electron chi connectivity index (χ1n) is 7.62. The second-order valence-electron chi connectivity index (χ2n) is 5.43. The van der Waals surface area contributed by atoms with E-state index in [9.17, 15) is 13.2 Å². The smallest absolute Gasteiger partial charge is 0.240 e. The number of nitrogens with one attached hydrogen (secondary N) is 2. The average molecular weight is 417 g/mol. The van der Waals surface area contributed by atoms with Crippen molar-refractivity contribution >= 4 is 44.8 Å². The van der Waals surface area contributed by atoms with Gasteiger partial charge in [-0.3, -0.25) is 4.79 Å². The number of sulfonamides is 1. The Hall–Kier alpha value is -1.80. The van der Waals surface area contributed by atoms with Crippen molar-refractivity contribution in [3.05, 3.63) is 52.0 Å². The quantitative estimate of drug-likeness (QED) is 0.723. The van der Waals surface area contributed by atoms with E-state index in [1.807, 2.05) is 0 Å². The maximum absolute atomic E-state index is 12.5. The molecule has 0 unspecified atom stereocenters. The lowest BCUT2D eigenvalue weighted by Gasteiger charge is -2.12. The minimum atomic E-state index is -3.76. The van der Waals surface area contributed by atoms with Crippen molar-refractivity contribution in [1.82, 2.24) is 4.72 Å². The van der Waals surface area contributed by atoms with Gasteiger partial charge >= 0.3 is 0 Å². The summed E-state index contributed by atoms with van der Waals surface area (Å²) in [6.07, 6.45) is 0.407. The summed E-state index contributed by atoms with van der Waals surface area (Å²) in [5.41, 5.74) is 1.07. The van der Waals surface area contributed by atoms with Gasteiger partial charge in [-0.15, -0.1) is 0 Å². The zero-order chi connectivity index (χ0) is 19.3. The van der Waals surface area contributed by atoms with E-state index in [1.54, 1.807) is 18.2 Å². The highest BCUT2D eigenvalue weighted by molar-refractivity contribution is 7.89. The Bertz CT molecular complexity index is 917. The molecule has 26 heavy (non-hydrogen) atoms. The van der Waals surface area contributed by atoms with E-state index in [4.69, 9.17) is 27.9 Å². The average Bonchev–Trinajstić information content (AvgIpc) is 2.56. The van der Waals surface area contributed by atoms with Gasteiger partial charge in [0.1, 0.15) is 5.75 Å². The van der Waals surface area contributed by atoms with Gasteiger partial charge in [0.15, 0.2) is 0 Å². The fourth-order valence-corrected chi connectivity index (χ4v) is 3.83. The highest BCUT2D eigenvalue weighted by Crippen LogP contribution is 2.27.